The highest BCUT2D eigenvalue weighted by molar-refractivity contribution is 5.75. The molecule has 3 N–H and O–H groups in total. The predicted molar refractivity (Wildman–Crippen MR) is 86.8 cm³/mol. The first-order valence-corrected chi connectivity index (χ1v) is 8.37. The molecule has 0 rings (SSSR count). The highest BCUT2D eigenvalue weighted by Crippen LogP contribution is 2.05. The fourth-order valence-electron chi connectivity index (χ4n) is 2.25. The molecular formula is C16H32N2O4. The molecule has 0 saturated carbocycles. The lowest BCUT2D eigenvalue weighted by atomic mass is 10.1. The molecule has 0 aliphatic heterocycles. The van der Waals surface area contributed by atoms with Crippen LogP contribution in [0.15, 0.2) is 0 Å². The molecule has 0 heterocycles. The van der Waals surface area contributed by atoms with E-state index in [1.54, 1.807) is 11.8 Å². The molecule has 0 aliphatic rings. The number of aliphatic hydroxyl groups excluding tert-OH is 1. The number of nitrogens with zero attached hydrogens (tertiary/aromatic N) is 1. The van der Waals surface area contributed by atoms with Crippen LogP contribution >= 0.6 is 0 Å². The summed E-state index contributed by atoms with van der Waals surface area (Å²) in [6.07, 6.45) is 6.64. The Kier molecular flexibility index (Phi) is 12.8. The molecule has 0 fully saturated rings. The maximum Gasteiger partial charge on any atom is 0.320 e. The average molecular weight is 316 g/mol. The second kappa shape index (κ2) is 13.5. The fraction of sp³-hybridized carbons (Fsp3) is 0.875. The van der Waals surface area contributed by atoms with E-state index in [1.807, 2.05) is 0 Å². The molecule has 0 aliphatic carbocycles. The average Bonchev–Trinajstić information content (AvgIpc) is 2.49. The minimum Gasteiger partial charge on any atom is -0.480 e. The second-order valence-electron chi connectivity index (χ2n) is 5.64. The van der Waals surface area contributed by atoms with Gasteiger partial charge in [-0.3, -0.25) is 14.5 Å². The Hall–Kier alpha value is -1.14. The third-order valence-electron chi connectivity index (χ3n) is 3.74. The summed E-state index contributed by atoms with van der Waals surface area (Å²) in [5.74, 6) is -0.859. The van der Waals surface area contributed by atoms with Crippen molar-refractivity contribution in [3.63, 3.8) is 0 Å². The number of carboxylic acid groups (broad SMARTS) is 1. The molecule has 130 valence electrons. The van der Waals surface area contributed by atoms with Crippen LogP contribution < -0.4 is 5.32 Å². The zero-order valence-corrected chi connectivity index (χ0v) is 14.0. The molecule has 1 atom stereocenters. The Morgan fingerprint density at radius 2 is 1.77 bits per heavy atom. The Bertz CT molecular complexity index is 311. The summed E-state index contributed by atoms with van der Waals surface area (Å²) in [6.45, 7) is 5.25. The van der Waals surface area contributed by atoms with Gasteiger partial charge in [0.25, 0.3) is 0 Å². The molecule has 1 amide bonds. The Balaban J connectivity index is 3.90. The van der Waals surface area contributed by atoms with Crippen molar-refractivity contribution in [1.82, 2.24) is 10.2 Å². The molecule has 22 heavy (non-hydrogen) atoms. The summed E-state index contributed by atoms with van der Waals surface area (Å²) in [5, 5.41) is 20.8. The third-order valence-corrected chi connectivity index (χ3v) is 3.74. The first-order valence-electron chi connectivity index (χ1n) is 8.37. The van der Waals surface area contributed by atoms with E-state index < -0.39 is 12.0 Å². The lowest BCUT2D eigenvalue weighted by Crippen LogP contribution is -2.44. The molecule has 0 radical (unpaired) electrons. The van der Waals surface area contributed by atoms with Crippen LogP contribution in [-0.4, -0.2) is 59.3 Å². The van der Waals surface area contributed by atoms with Gasteiger partial charge in [0.05, 0.1) is 0 Å². The fourth-order valence-corrected chi connectivity index (χ4v) is 2.25. The third kappa shape index (κ3) is 10.6. The standard InChI is InChI=1S/C16H32N2O4/c1-3-4-5-6-7-9-15(20)17-10-12-18(11-8-13-19)14(2)16(21)22/h14,19H,3-13H2,1-2H3,(H,17,20)(H,21,22). The Labute approximate surface area is 133 Å². The number of rotatable bonds is 14. The van der Waals surface area contributed by atoms with E-state index in [-0.39, 0.29) is 12.5 Å². The summed E-state index contributed by atoms with van der Waals surface area (Å²) in [5.41, 5.74) is 0. The molecule has 0 spiro atoms. The van der Waals surface area contributed by atoms with E-state index in [0.29, 0.717) is 32.5 Å². The Morgan fingerprint density at radius 1 is 1.09 bits per heavy atom. The van der Waals surface area contributed by atoms with Gasteiger partial charge >= 0.3 is 5.97 Å². The van der Waals surface area contributed by atoms with Gasteiger partial charge in [0.15, 0.2) is 0 Å². The number of carbonyl (C=O) groups excluding carboxylic acids is 1. The van der Waals surface area contributed by atoms with Crippen molar-refractivity contribution >= 4 is 11.9 Å². The largest absolute Gasteiger partial charge is 0.480 e. The van der Waals surface area contributed by atoms with Crippen LogP contribution in [0.5, 0.6) is 0 Å². The lowest BCUT2D eigenvalue weighted by Gasteiger charge is -2.26. The SMILES string of the molecule is CCCCCCCC(=O)NCCN(CCCO)C(C)C(=O)O. The van der Waals surface area contributed by atoms with Gasteiger partial charge in [-0.2, -0.15) is 0 Å². The van der Waals surface area contributed by atoms with Gasteiger partial charge in [0.1, 0.15) is 6.04 Å². The number of carbonyl (C=O) groups is 2. The molecule has 0 aromatic rings. The van der Waals surface area contributed by atoms with E-state index in [0.717, 1.165) is 12.8 Å². The summed E-state index contributed by atoms with van der Waals surface area (Å²) >= 11 is 0. The monoisotopic (exact) mass is 316 g/mol. The van der Waals surface area contributed by atoms with Gasteiger partial charge in [0.2, 0.25) is 5.91 Å². The van der Waals surface area contributed by atoms with Crippen molar-refractivity contribution in [3.05, 3.63) is 0 Å². The molecule has 0 bridgehead atoms. The Morgan fingerprint density at radius 3 is 2.36 bits per heavy atom. The van der Waals surface area contributed by atoms with Crippen LogP contribution in [0.1, 0.15) is 58.8 Å². The van der Waals surface area contributed by atoms with Crippen LogP contribution in [0.3, 0.4) is 0 Å². The van der Waals surface area contributed by atoms with Crippen LogP contribution in [0.2, 0.25) is 0 Å². The molecular weight excluding hydrogens is 284 g/mol. The minimum atomic E-state index is -0.889. The van der Waals surface area contributed by atoms with Crippen molar-refractivity contribution in [3.8, 4) is 0 Å². The van der Waals surface area contributed by atoms with Gasteiger partial charge in [-0.25, -0.2) is 0 Å². The number of carboxylic acids is 1. The maximum absolute atomic E-state index is 11.7. The smallest absolute Gasteiger partial charge is 0.320 e. The van der Waals surface area contributed by atoms with Gasteiger partial charge in [-0.05, 0) is 19.8 Å². The predicted octanol–water partition coefficient (Wildman–Crippen LogP) is 1.62. The van der Waals surface area contributed by atoms with Crippen molar-refractivity contribution in [1.29, 1.82) is 0 Å². The summed E-state index contributed by atoms with van der Waals surface area (Å²) in [7, 11) is 0. The number of amides is 1. The molecule has 6 nitrogen and oxygen atoms in total. The normalized spacial score (nSPS) is 12.4. The molecule has 0 aromatic heterocycles. The molecule has 0 saturated heterocycles. The highest BCUT2D eigenvalue weighted by Gasteiger charge is 2.19. The number of aliphatic carboxylic acids is 1. The van der Waals surface area contributed by atoms with E-state index in [4.69, 9.17) is 10.2 Å². The van der Waals surface area contributed by atoms with Crippen LogP contribution in [0.25, 0.3) is 0 Å². The topological polar surface area (TPSA) is 89.9 Å². The molecule has 6 heteroatoms. The van der Waals surface area contributed by atoms with Crippen LogP contribution in [0, 0.1) is 0 Å². The number of nitrogens with one attached hydrogen (secondary N) is 1. The number of unbranched alkanes of at least 4 members (excludes halogenated alkanes) is 4. The van der Waals surface area contributed by atoms with Gasteiger partial charge < -0.3 is 15.5 Å². The molecule has 1 unspecified atom stereocenters. The van der Waals surface area contributed by atoms with Crippen LogP contribution in [0.4, 0.5) is 0 Å². The number of aliphatic hydroxyl groups is 1. The van der Waals surface area contributed by atoms with Crippen molar-refractivity contribution < 1.29 is 19.8 Å². The van der Waals surface area contributed by atoms with Gasteiger partial charge in [-0.15, -0.1) is 0 Å². The minimum absolute atomic E-state index is 0.0292. The van der Waals surface area contributed by atoms with Crippen LogP contribution in [-0.2, 0) is 9.59 Å². The number of hydrogen-bond donors (Lipinski definition) is 3. The number of hydrogen-bond acceptors (Lipinski definition) is 4. The summed E-state index contributed by atoms with van der Waals surface area (Å²) in [4.78, 5) is 24.5. The maximum atomic E-state index is 11.7. The highest BCUT2D eigenvalue weighted by atomic mass is 16.4. The first-order chi connectivity index (χ1) is 10.5. The van der Waals surface area contributed by atoms with Crippen molar-refractivity contribution in [2.75, 3.05) is 26.2 Å². The van der Waals surface area contributed by atoms with E-state index in [2.05, 4.69) is 12.2 Å². The van der Waals surface area contributed by atoms with Crippen molar-refractivity contribution in [2.45, 2.75) is 64.8 Å². The first kappa shape index (κ1) is 20.9. The van der Waals surface area contributed by atoms with E-state index in [1.165, 1.54) is 19.3 Å². The van der Waals surface area contributed by atoms with Gasteiger partial charge in [0, 0.05) is 32.7 Å². The zero-order chi connectivity index (χ0) is 16.8. The van der Waals surface area contributed by atoms with Gasteiger partial charge in [-0.1, -0.05) is 32.6 Å². The van der Waals surface area contributed by atoms with Crippen molar-refractivity contribution in [2.24, 2.45) is 0 Å². The summed E-state index contributed by atoms with van der Waals surface area (Å²) < 4.78 is 0. The zero-order valence-electron chi connectivity index (χ0n) is 14.0. The lowest BCUT2D eigenvalue weighted by molar-refractivity contribution is -0.142. The van der Waals surface area contributed by atoms with E-state index >= 15 is 0 Å². The quantitative estimate of drug-likeness (QED) is 0.424. The van der Waals surface area contributed by atoms with E-state index in [9.17, 15) is 9.59 Å². The summed E-state index contributed by atoms with van der Waals surface area (Å²) in [6, 6.07) is -0.613. The second-order valence-corrected chi connectivity index (χ2v) is 5.64. The molecule has 0 aromatic carbocycles.